The van der Waals surface area contributed by atoms with Crippen LogP contribution in [0.2, 0.25) is 0 Å². The van der Waals surface area contributed by atoms with Gasteiger partial charge in [0.1, 0.15) is 17.3 Å². The molecule has 0 amide bonds. The number of aromatic amines is 1. The number of allylic oxidation sites excluding steroid dienone is 2. The van der Waals surface area contributed by atoms with Crippen molar-refractivity contribution in [3.05, 3.63) is 104 Å². The zero-order chi connectivity index (χ0) is 21.1. The van der Waals surface area contributed by atoms with Crippen LogP contribution in [0.3, 0.4) is 0 Å². The fourth-order valence-electron chi connectivity index (χ4n) is 3.69. The minimum Gasteiger partial charge on any atom is -0.457 e. The van der Waals surface area contributed by atoms with Crippen molar-refractivity contribution in [1.82, 2.24) is 9.55 Å². The summed E-state index contributed by atoms with van der Waals surface area (Å²) in [7, 11) is 0. The van der Waals surface area contributed by atoms with Gasteiger partial charge >= 0.3 is 5.69 Å². The number of hydrogen-bond donors (Lipinski definition) is 1. The Morgan fingerprint density at radius 3 is 2.33 bits per heavy atom. The van der Waals surface area contributed by atoms with Crippen LogP contribution in [0.4, 0.5) is 0 Å². The molecule has 0 spiro atoms. The number of rotatable bonds is 6. The van der Waals surface area contributed by atoms with Gasteiger partial charge in [0.25, 0.3) is 5.56 Å². The van der Waals surface area contributed by atoms with Crippen LogP contribution < -0.4 is 16.0 Å². The normalized spacial score (nSPS) is 13.0. The summed E-state index contributed by atoms with van der Waals surface area (Å²) in [5.41, 5.74) is 1.44. The van der Waals surface area contributed by atoms with E-state index in [1.807, 2.05) is 60.7 Å². The molecule has 1 aliphatic rings. The van der Waals surface area contributed by atoms with Gasteiger partial charge in [0.2, 0.25) is 0 Å². The molecule has 1 N–H and O–H groups in total. The molecular weight excluding hydrogens is 380 g/mol. The lowest BCUT2D eigenvalue weighted by Crippen LogP contribution is -2.30. The number of H-pyrrole nitrogens is 1. The van der Waals surface area contributed by atoms with E-state index >= 15 is 0 Å². The van der Waals surface area contributed by atoms with Crippen LogP contribution in [-0.4, -0.2) is 15.3 Å². The van der Waals surface area contributed by atoms with E-state index in [0.717, 1.165) is 22.6 Å². The molecule has 6 nitrogen and oxygen atoms in total. The van der Waals surface area contributed by atoms with Crippen LogP contribution in [-0.2, 0) is 11.3 Å². The first kappa shape index (κ1) is 19.6. The van der Waals surface area contributed by atoms with Crippen molar-refractivity contribution < 1.29 is 9.53 Å². The average molecular weight is 402 g/mol. The Morgan fingerprint density at radius 1 is 1.03 bits per heavy atom. The van der Waals surface area contributed by atoms with Gasteiger partial charge in [-0.25, -0.2) is 4.79 Å². The van der Waals surface area contributed by atoms with Crippen LogP contribution >= 0.6 is 0 Å². The maximum absolute atomic E-state index is 13.1. The van der Waals surface area contributed by atoms with Gasteiger partial charge in [0.05, 0.1) is 5.92 Å². The largest absolute Gasteiger partial charge is 0.457 e. The van der Waals surface area contributed by atoms with E-state index in [-0.39, 0.29) is 17.3 Å². The minimum absolute atomic E-state index is 0.125. The van der Waals surface area contributed by atoms with Crippen LogP contribution in [0.1, 0.15) is 35.4 Å². The van der Waals surface area contributed by atoms with Gasteiger partial charge < -0.3 is 4.74 Å². The van der Waals surface area contributed by atoms with E-state index in [0.29, 0.717) is 24.9 Å². The molecule has 6 heteroatoms. The summed E-state index contributed by atoms with van der Waals surface area (Å²) < 4.78 is 7.39. The molecule has 0 bridgehead atoms. The number of aryl methyl sites for hydroxylation is 1. The lowest BCUT2D eigenvalue weighted by molar-refractivity contribution is -0.119. The number of carbonyl (C=O) groups is 1. The molecule has 1 aliphatic heterocycles. The first-order valence-corrected chi connectivity index (χ1v) is 9.88. The zero-order valence-corrected chi connectivity index (χ0v) is 16.6. The maximum atomic E-state index is 13.1. The van der Waals surface area contributed by atoms with Crippen molar-refractivity contribution in [2.24, 2.45) is 0 Å². The second-order valence-electron chi connectivity index (χ2n) is 7.31. The standard InChI is InChI=1S/C24H22N2O4/c1-16-15-26(24(29)25-23(16)28)14-8-2-3-11-19(27)22-17-9-4-6-12-20(17)30-21-13-7-5-10-18(21)22/h2,4-10,12-13,15,22H,3,11,14H2,1H3,(H,25,28,29)/b8-2-. The van der Waals surface area contributed by atoms with Gasteiger partial charge in [-0.2, -0.15) is 0 Å². The van der Waals surface area contributed by atoms with Crippen LogP contribution in [0.25, 0.3) is 0 Å². The molecule has 3 aromatic rings. The number of nitrogens with zero attached hydrogens (tertiary/aromatic N) is 1. The summed E-state index contributed by atoms with van der Waals surface area (Å²) in [6, 6.07) is 15.3. The number of hydrogen-bond acceptors (Lipinski definition) is 4. The highest BCUT2D eigenvalue weighted by Crippen LogP contribution is 2.44. The first-order valence-electron chi connectivity index (χ1n) is 9.88. The van der Waals surface area contributed by atoms with Gasteiger partial charge in [-0.05, 0) is 25.5 Å². The molecule has 0 fully saturated rings. The molecule has 1 aromatic heterocycles. The molecule has 0 atom stereocenters. The van der Waals surface area contributed by atoms with E-state index in [9.17, 15) is 14.4 Å². The predicted octanol–water partition coefficient (Wildman–Crippen LogP) is 3.69. The summed E-state index contributed by atoms with van der Waals surface area (Å²) in [4.78, 5) is 38.6. The van der Waals surface area contributed by atoms with E-state index in [2.05, 4.69) is 4.98 Å². The third kappa shape index (κ3) is 3.89. The van der Waals surface area contributed by atoms with E-state index in [4.69, 9.17) is 4.74 Å². The van der Waals surface area contributed by atoms with E-state index in [1.165, 1.54) is 10.8 Å². The third-order valence-electron chi connectivity index (χ3n) is 5.22. The minimum atomic E-state index is -0.443. The molecule has 0 unspecified atom stereocenters. The Hall–Kier alpha value is -3.67. The fourth-order valence-corrected chi connectivity index (χ4v) is 3.69. The number of carbonyl (C=O) groups excluding carboxylic acids is 1. The van der Waals surface area contributed by atoms with Crippen molar-refractivity contribution in [2.75, 3.05) is 0 Å². The quantitative estimate of drug-likeness (QED) is 0.638. The predicted molar refractivity (Wildman–Crippen MR) is 114 cm³/mol. The summed E-state index contributed by atoms with van der Waals surface area (Å²) in [6.45, 7) is 1.99. The number of fused-ring (bicyclic) bond motifs is 2. The van der Waals surface area contributed by atoms with Gasteiger partial charge in [-0.3, -0.25) is 19.1 Å². The second kappa shape index (κ2) is 8.37. The Kier molecular flexibility index (Phi) is 5.48. The maximum Gasteiger partial charge on any atom is 0.328 e. The lowest BCUT2D eigenvalue weighted by Gasteiger charge is -2.27. The Morgan fingerprint density at radius 2 is 1.67 bits per heavy atom. The third-order valence-corrected chi connectivity index (χ3v) is 5.22. The van der Waals surface area contributed by atoms with Crippen LogP contribution in [0, 0.1) is 6.92 Å². The molecule has 2 aromatic carbocycles. The smallest absolute Gasteiger partial charge is 0.328 e. The highest BCUT2D eigenvalue weighted by atomic mass is 16.5. The number of ether oxygens (including phenoxy) is 1. The molecule has 0 saturated carbocycles. The molecule has 152 valence electrons. The summed E-state index contributed by atoms with van der Waals surface area (Å²) in [6.07, 6.45) is 6.20. The van der Waals surface area contributed by atoms with Crippen molar-refractivity contribution in [3.8, 4) is 11.5 Å². The van der Waals surface area contributed by atoms with Gasteiger partial charge in [-0.15, -0.1) is 0 Å². The summed E-state index contributed by atoms with van der Waals surface area (Å²) in [5, 5.41) is 0. The molecule has 4 rings (SSSR count). The van der Waals surface area contributed by atoms with Gasteiger partial charge in [0, 0.05) is 35.9 Å². The highest BCUT2D eigenvalue weighted by Gasteiger charge is 2.31. The monoisotopic (exact) mass is 402 g/mol. The SMILES string of the molecule is Cc1cn(C/C=C\CCC(=O)C2c3ccccc3Oc3ccccc32)c(=O)[nH]c1=O. The average Bonchev–Trinajstić information content (AvgIpc) is 2.75. The van der Waals surface area contributed by atoms with E-state index in [1.54, 1.807) is 6.92 Å². The zero-order valence-electron chi connectivity index (χ0n) is 16.6. The number of nitrogens with one attached hydrogen (secondary N) is 1. The Labute approximate surface area is 173 Å². The van der Waals surface area contributed by atoms with Crippen LogP contribution in [0.5, 0.6) is 11.5 Å². The number of aromatic nitrogens is 2. The Balaban J connectivity index is 1.45. The van der Waals surface area contributed by atoms with Gasteiger partial charge in [0.15, 0.2) is 0 Å². The van der Waals surface area contributed by atoms with Crippen molar-refractivity contribution >= 4 is 5.78 Å². The number of para-hydroxylation sites is 2. The second-order valence-corrected chi connectivity index (χ2v) is 7.31. The van der Waals surface area contributed by atoms with E-state index < -0.39 is 5.69 Å². The molecule has 0 saturated heterocycles. The summed E-state index contributed by atoms with van der Waals surface area (Å²) in [5.74, 6) is 1.22. The molecule has 2 heterocycles. The number of Topliss-reactive ketones (excluding diaryl/α,β-unsaturated/α-hetero) is 1. The van der Waals surface area contributed by atoms with Crippen LogP contribution in [0.15, 0.2) is 76.5 Å². The number of benzene rings is 2. The fraction of sp³-hybridized carbons (Fsp3) is 0.208. The summed E-state index contributed by atoms with van der Waals surface area (Å²) >= 11 is 0. The van der Waals surface area contributed by atoms with Gasteiger partial charge in [-0.1, -0.05) is 48.6 Å². The molecular formula is C24H22N2O4. The highest BCUT2D eigenvalue weighted by molar-refractivity contribution is 5.91. The molecule has 0 aliphatic carbocycles. The van der Waals surface area contributed by atoms with Crippen molar-refractivity contribution in [2.45, 2.75) is 32.2 Å². The number of ketones is 1. The molecule has 30 heavy (non-hydrogen) atoms. The first-order chi connectivity index (χ1) is 14.5. The lowest BCUT2D eigenvalue weighted by atomic mass is 9.83. The van der Waals surface area contributed by atoms with Crippen molar-refractivity contribution in [1.29, 1.82) is 0 Å². The molecule has 0 radical (unpaired) electrons. The van der Waals surface area contributed by atoms with Crippen molar-refractivity contribution in [3.63, 3.8) is 0 Å². The topological polar surface area (TPSA) is 81.2 Å². The Bertz CT molecular complexity index is 1190.